The molecule has 1 aliphatic rings. The summed E-state index contributed by atoms with van der Waals surface area (Å²) in [5.41, 5.74) is 6.16. The van der Waals surface area contributed by atoms with Crippen LogP contribution in [0.2, 0.25) is 0 Å². The van der Waals surface area contributed by atoms with Gasteiger partial charge in [0, 0.05) is 17.4 Å². The van der Waals surface area contributed by atoms with Crippen LogP contribution in [-0.4, -0.2) is 32.3 Å². The fourth-order valence-electron chi connectivity index (χ4n) is 2.75. The Morgan fingerprint density at radius 3 is 2.85 bits per heavy atom. The van der Waals surface area contributed by atoms with Crippen molar-refractivity contribution in [3.05, 3.63) is 61.2 Å². The zero-order valence-electron chi connectivity index (χ0n) is 14.0. The van der Waals surface area contributed by atoms with Gasteiger partial charge in [0.05, 0.1) is 22.4 Å². The van der Waals surface area contributed by atoms with Crippen LogP contribution in [0.25, 0.3) is 0 Å². The molecule has 1 amide bonds. The molecule has 3 aromatic heterocycles. The molecule has 4 rings (SSSR count). The molecule has 0 saturated heterocycles. The van der Waals surface area contributed by atoms with Gasteiger partial charge in [0.25, 0.3) is 11.5 Å². The number of amides is 1. The van der Waals surface area contributed by atoms with Crippen LogP contribution in [0.4, 0.5) is 5.82 Å². The monoisotopic (exact) mass is 417 g/mol. The number of hydrogen-bond acceptors (Lipinski definition) is 8. The molecule has 3 N–H and O–H groups in total. The van der Waals surface area contributed by atoms with Crippen LogP contribution in [-0.2, 0) is 4.79 Å². The molecule has 0 spiro atoms. The molecule has 0 bridgehead atoms. The number of nitrogen functional groups attached to an aromatic ring is 1. The molecule has 7 nitrogen and oxygen atoms in total. The number of anilines is 1. The zero-order valence-corrected chi connectivity index (χ0v) is 16.4. The summed E-state index contributed by atoms with van der Waals surface area (Å²) >= 11 is 4.37. The lowest BCUT2D eigenvalue weighted by atomic mass is 10.1. The van der Waals surface area contributed by atoms with E-state index >= 15 is 0 Å². The number of hydrazone groups is 1. The van der Waals surface area contributed by atoms with Crippen LogP contribution >= 0.6 is 34.4 Å². The van der Waals surface area contributed by atoms with Gasteiger partial charge in [0.1, 0.15) is 5.82 Å². The lowest BCUT2D eigenvalue weighted by Crippen LogP contribution is -2.28. The van der Waals surface area contributed by atoms with E-state index in [0.29, 0.717) is 11.6 Å². The molecule has 10 heteroatoms. The first-order valence-corrected chi connectivity index (χ1v) is 10.8. The number of carbonyl (C=O) groups is 1. The quantitative estimate of drug-likeness (QED) is 0.491. The molecule has 4 heterocycles. The van der Waals surface area contributed by atoms with Crippen LogP contribution in [0.5, 0.6) is 0 Å². The van der Waals surface area contributed by atoms with Crippen molar-refractivity contribution in [2.45, 2.75) is 17.6 Å². The fourth-order valence-corrected chi connectivity index (χ4v) is 5.02. The number of aromatic amines is 1. The molecule has 0 aliphatic carbocycles. The minimum Gasteiger partial charge on any atom is -0.383 e. The summed E-state index contributed by atoms with van der Waals surface area (Å²) in [5.74, 6) is 0.0922. The van der Waals surface area contributed by atoms with Gasteiger partial charge in [-0.05, 0) is 22.9 Å². The van der Waals surface area contributed by atoms with Crippen molar-refractivity contribution in [1.29, 1.82) is 0 Å². The molecule has 0 unspecified atom stereocenters. The molecule has 0 aromatic carbocycles. The van der Waals surface area contributed by atoms with Crippen molar-refractivity contribution in [3.63, 3.8) is 0 Å². The number of rotatable bonds is 5. The van der Waals surface area contributed by atoms with E-state index in [4.69, 9.17) is 5.73 Å². The maximum Gasteiger partial charge on any atom is 0.253 e. The van der Waals surface area contributed by atoms with Crippen LogP contribution in [0, 0.1) is 0 Å². The highest BCUT2D eigenvalue weighted by atomic mass is 32.2. The number of H-pyrrole nitrogens is 1. The number of aromatic nitrogens is 2. The average Bonchev–Trinajstić information content (AvgIpc) is 3.39. The second-order valence-electron chi connectivity index (χ2n) is 5.76. The molecule has 138 valence electrons. The second-order valence-corrected chi connectivity index (χ2v) is 8.65. The van der Waals surface area contributed by atoms with Crippen molar-refractivity contribution in [2.24, 2.45) is 5.10 Å². The number of thiophene rings is 2. The lowest BCUT2D eigenvalue weighted by molar-refractivity contribution is -0.130. The molecule has 0 radical (unpaired) electrons. The summed E-state index contributed by atoms with van der Waals surface area (Å²) in [6, 6.07) is 9.08. The summed E-state index contributed by atoms with van der Waals surface area (Å²) in [6.07, 6.45) is 0.685. The number of nitrogens with zero attached hydrogens (tertiary/aromatic N) is 3. The first-order chi connectivity index (χ1) is 13.1. The number of thioether (sulfide) groups is 1. The maximum atomic E-state index is 12.9. The Balaban J connectivity index is 1.54. The minimum atomic E-state index is -0.340. The van der Waals surface area contributed by atoms with Crippen molar-refractivity contribution in [3.8, 4) is 0 Å². The smallest absolute Gasteiger partial charge is 0.253 e. The van der Waals surface area contributed by atoms with Gasteiger partial charge < -0.3 is 10.7 Å². The molecule has 1 aliphatic heterocycles. The Hall–Kier alpha value is -2.43. The molecular formula is C17H15N5O2S3. The van der Waals surface area contributed by atoms with Gasteiger partial charge in [-0.3, -0.25) is 9.59 Å². The number of hydrogen-bond donors (Lipinski definition) is 2. The Bertz CT molecular complexity index is 1030. The largest absolute Gasteiger partial charge is 0.383 e. The molecule has 1 atom stereocenters. The average molecular weight is 418 g/mol. The van der Waals surface area contributed by atoms with Crippen molar-refractivity contribution < 1.29 is 4.79 Å². The van der Waals surface area contributed by atoms with E-state index in [1.165, 1.54) is 6.07 Å². The summed E-state index contributed by atoms with van der Waals surface area (Å²) < 4.78 is 0. The fraction of sp³-hybridized carbons (Fsp3) is 0.176. The van der Waals surface area contributed by atoms with Crippen molar-refractivity contribution in [1.82, 2.24) is 15.0 Å². The normalized spacial score (nSPS) is 16.5. The van der Waals surface area contributed by atoms with Crippen LogP contribution in [0.15, 0.2) is 56.1 Å². The Morgan fingerprint density at radius 2 is 2.15 bits per heavy atom. The number of nitrogens with two attached hydrogens (primary N) is 1. The van der Waals surface area contributed by atoms with Gasteiger partial charge in [0.2, 0.25) is 0 Å². The van der Waals surface area contributed by atoms with Crippen molar-refractivity contribution >= 4 is 51.9 Å². The van der Waals surface area contributed by atoms with Gasteiger partial charge in [0.15, 0.2) is 5.16 Å². The van der Waals surface area contributed by atoms with Crippen LogP contribution in [0.3, 0.4) is 0 Å². The topological polar surface area (TPSA) is 104 Å². The third kappa shape index (κ3) is 3.97. The summed E-state index contributed by atoms with van der Waals surface area (Å²) in [7, 11) is 0. The zero-order chi connectivity index (χ0) is 18.8. The SMILES string of the molecule is Nc1cc(=O)[nH]c(SCC(=O)N2N=C(c3cccs3)C[C@H]2c2cccs2)n1. The van der Waals surface area contributed by atoms with Gasteiger partial charge in [-0.25, -0.2) is 9.99 Å². The third-order valence-corrected chi connectivity index (χ3v) is 6.67. The third-order valence-electron chi connectivity index (χ3n) is 3.92. The van der Waals surface area contributed by atoms with E-state index in [1.807, 2.05) is 35.0 Å². The van der Waals surface area contributed by atoms with Gasteiger partial charge in [-0.2, -0.15) is 5.10 Å². The Morgan fingerprint density at radius 1 is 1.33 bits per heavy atom. The van der Waals surface area contributed by atoms with E-state index in [-0.39, 0.29) is 29.1 Å². The lowest BCUT2D eigenvalue weighted by Gasteiger charge is -2.20. The van der Waals surface area contributed by atoms with Gasteiger partial charge >= 0.3 is 0 Å². The summed E-state index contributed by atoms with van der Waals surface area (Å²) in [4.78, 5) is 33.1. The van der Waals surface area contributed by atoms with E-state index < -0.39 is 0 Å². The van der Waals surface area contributed by atoms with E-state index in [0.717, 1.165) is 27.2 Å². The molecule has 0 saturated carbocycles. The van der Waals surface area contributed by atoms with Crippen molar-refractivity contribution in [2.75, 3.05) is 11.5 Å². The molecule has 0 fully saturated rings. The molecular weight excluding hydrogens is 402 g/mol. The number of carbonyl (C=O) groups excluding carboxylic acids is 1. The Kier molecular flexibility index (Phi) is 5.10. The van der Waals surface area contributed by atoms with E-state index in [9.17, 15) is 9.59 Å². The number of nitrogens with one attached hydrogen (secondary N) is 1. The standard InChI is InChI=1S/C17H15N5O2S3/c18-14-8-15(23)20-17(19-14)27-9-16(24)22-11(13-4-2-6-26-13)7-10(21-22)12-3-1-5-25-12/h1-6,8,11H,7,9H2,(H3,18,19,20,23)/t11-/m0/s1. The predicted octanol–water partition coefficient (Wildman–Crippen LogP) is 2.95. The van der Waals surface area contributed by atoms with E-state index in [2.05, 4.69) is 15.1 Å². The predicted molar refractivity (Wildman–Crippen MR) is 109 cm³/mol. The van der Waals surface area contributed by atoms with Crippen LogP contribution in [0.1, 0.15) is 22.2 Å². The highest BCUT2D eigenvalue weighted by molar-refractivity contribution is 7.99. The second kappa shape index (κ2) is 7.67. The summed E-state index contributed by atoms with van der Waals surface area (Å²) in [6.45, 7) is 0. The van der Waals surface area contributed by atoms with Gasteiger partial charge in [-0.15, -0.1) is 22.7 Å². The van der Waals surface area contributed by atoms with Crippen LogP contribution < -0.4 is 11.3 Å². The Labute approximate surface area is 166 Å². The first kappa shape index (κ1) is 18.0. The minimum absolute atomic E-state index is 0.107. The summed E-state index contributed by atoms with van der Waals surface area (Å²) in [5, 5.41) is 10.5. The molecule has 3 aromatic rings. The van der Waals surface area contributed by atoms with E-state index in [1.54, 1.807) is 27.7 Å². The highest BCUT2D eigenvalue weighted by Gasteiger charge is 2.34. The maximum absolute atomic E-state index is 12.9. The first-order valence-electron chi connectivity index (χ1n) is 8.06. The highest BCUT2D eigenvalue weighted by Crippen LogP contribution is 2.36. The molecule has 27 heavy (non-hydrogen) atoms. The van der Waals surface area contributed by atoms with Gasteiger partial charge in [-0.1, -0.05) is 23.9 Å².